The zero-order valence-corrected chi connectivity index (χ0v) is 32.3. The maximum absolute atomic E-state index is 16.8. The van der Waals surface area contributed by atoms with Gasteiger partial charge in [-0.1, -0.05) is 99.6 Å². The van der Waals surface area contributed by atoms with Crippen LogP contribution in [0.4, 0.5) is 27.6 Å². The molecule has 0 unspecified atom stereocenters. The highest BCUT2D eigenvalue weighted by Gasteiger charge is 2.52. The van der Waals surface area contributed by atoms with Gasteiger partial charge >= 0.3 is 0 Å². The lowest BCUT2D eigenvalue weighted by atomic mass is 9.95. The van der Waals surface area contributed by atoms with Crippen molar-refractivity contribution < 1.29 is 26.4 Å². The summed E-state index contributed by atoms with van der Waals surface area (Å²) in [4.78, 5) is 3.63. The zero-order chi connectivity index (χ0) is 38.3. The Labute approximate surface area is 315 Å². The highest BCUT2D eigenvalue weighted by atomic mass is 28.4. The number of hydrogen-bond acceptors (Lipinski definition) is 4. The second-order valence-electron chi connectivity index (χ2n) is 16.0. The van der Waals surface area contributed by atoms with Gasteiger partial charge < -0.3 is 14.3 Å². The molecule has 5 aromatic rings. The third-order valence-electron chi connectivity index (χ3n) is 11.1. The lowest BCUT2D eigenvalue weighted by Gasteiger charge is -2.45. The molecule has 0 spiro atoms. The number of benzene rings is 4. The molecule has 2 atom stereocenters. The summed E-state index contributed by atoms with van der Waals surface area (Å²) in [5, 5.41) is 5.34. The van der Waals surface area contributed by atoms with Crippen LogP contribution in [0.5, 0.6) is 0 Å². The van der Waals surface area contributed by atoms with Gasteiger partial charge in [-0.3, -0.25) is 14.2 Å². The molecule has 3 heterocycles. The Morgan fingerprint density at radius 3 is 2.00 bits per heavy atom. The molecule has 1 fully saturated rings. The number of nitrogens with zero attached hydrogens (tertiary/aromatic N) is 3. The second-order valence-corrected chi connectivity index (χ2v) is 20.3. The summed E-state index contributed by atoms with van der Waals surface area (Å²) < 4.78 is 87.7. The number of para-hydroxylation sites is 1. The minimum atomic E-state index is -3.39. The molecule has 1 N–H and O–H groups in total. The molecule has 5 nitrogen and oxygen atoms in total. The van der Waals surface area contributed by atoms with E-state index in [0.29, 0.717) is 38.3 Å². The fraction of sp³-hybridized carbons (Fsp3) is 0.395. The van der Waals surface area contributed by atoms with Gasteiger partial charge in [0.15, 0.2) is 0 Å². The number of rotatable bonds is 13. The molecule has 0 amide bonds. The Hall–Kier alpha value is -4.03. The van der Waals surface area contributed by atoms with Crippen molar-refractivity contribution in [3.8, 4) is 0 Å². The number of hydrogen-bond donors (Lipinski definition) is 1. The Morgan fingerprint density at radius 1 is 0.815 bits per heavy atom. The van der Waals surface area contributed by atoms with Crippen molar-refractivity contribution in [2.45, 2.75) is 69.7 Å². The van der Waals surface area contributed by atoms with E-state index in [9.17, 15) is 4.39 Å². The van der Waals surface area contributed by atoms with Gasteiger partial charge in [-0.25, -0.2) is 17.6 Å². The summed E-state index contributed by atoms with van der Waals surface area (Å²) in [5.41, 5.74) is 1.45. The van der Waals surface area contributed by atoms with E-state index < -0.39 is 56.1 Å². The first kappa shape index (κ1) is 38.2. The average molecular weight is 761 g/mol. The summed E-state index contributed by atoms with van der Waals surface area (Å²) in [6.45, 7) is 8.22. The highest BCUT2D eigenvalue weighted by Crippen LogP contribution is 2.43. The molecule has 286 valence electrons. The largest absolute Gasteiger partial charge is 0.401 e. The number of anilines is 1. The fourth-order valence-corrected chi connectivity index (χ4v) is 13.2. The van der Waals surface area contributed by atoms with Crippen molar-refractivity contribution in [3.63, 3.8) is 0 Å². The van der Waals surface area contributed by atoms with E-state index >= 15 is 17.6 Å². The molecule has 11 heteroatoms. The maximum atomic E-state index is 16.8. The molecule has 7 rings (SSSR count). The third-order valence-corrected chi connectivity index (χ3v) is 16.1. The molecule has 0 aliphatic carbocycles. The smallest absolute Gasteiger partial charge is 0.282 e. The van der Waals surface area contributed by atoms with Gasteiger partial charge in [0.05, 0.1) is 31.9 Å². The minimum Gasteiger partial charge on any atom is -0.401 e. The van der Waals surface area contributed by atoms with Gasteiger partial charge in [-0.2, -0.15) is 0 Å². The van der Waals surface area contributed by atoms with Crippen LogP contribution in [-0.2, 0) is 11.0 Å². The average Bonchev–Trinajstić information content (AvgIpc) is 3.48. The van der Waals surface area contributed by atoms with E-state index in [2.05, 4.69) is 10.2 Å². The quantitative estimate of drug-likeness (QED) is 0.0967. The molecule has 0 radical (unpaired) electrons. The summed E-state index contributed by atoms with van der Waals surface area (Å²) in [5.74, 6) is -5.00. The van der Waals surface area contributed by atoms with Crippen molar-refractivity contribution >= 4 is 35.3 Å². The highest BCUT2D eigenvalue weighted by molar-refractivity contribution is 6.99. The van der Waals surface area contributed by atoms with Crippen LogP contribution >= 0.6 is 0 Å². The normalized spacial score (nSPS) is 18.8. The van der Waals surface area contributed by atoms with E-state index in [1.165, 1.54) is 12.1 Å². The Bertz CT molecular complexity index is 1990. The monoisotopic (exact) mass is 760 g/mol. The number of fused-ring (bicyclic) bond motifs is 3. The molecular formula is C43H49F5N4OSi. The summed E-state index contributed by atoms with van der Waals surface area (Å²) in [6.07, 6.45) is 0.447. The number of likely N-dealkylation sites (tertiary alicyclic amines) is 1. The summed E-state index contributed by atoms with van der Waals surface area (Å²) >= 11 is 0. The van der Waals surface area contributed by atoms with Crippen LogP contribution in [0.2, 0.25) is 5.04 Å². The van der Waals surface area contributed by atoms with E-state index in [1.807, 2.05) is 123 Å². The summed E-state index contributed by atoms with van der Waals surface area (Å²) in [6, 6.07) is 29.7. The molecule has 2 aliphatic heterocycles. The van der Waals surface area contributed by atoms with Gasteiger partial charge in [-0.15, -0.1) is 0 Å². The van der Waals surface area contributed by atoms with Gasteiger partial charge in [0.2, 0.25) is 0 Å². The van der Waals surface area contributed by atoms with Crippen LogP contribution in [0.15, 0.2) is 103 Å². The van der Waals surface area contributed by atoms with Gasteiger partial charge in [0.1, 0.15) is 11.6 Å². The van der Waals surface area contributed by atoms with Crippen LogP contribution < -0.4 is 15.7 Å². The van der Waals surface area contributed by atoms with Crippen LogP contribution in [0.25, 0.3) is 10.9 Å². The van der Waals surface area contributed by atoms with E-state index in [-0.39, 0.29) is 24.0 Å². The molecule has 0 saturated carbocycles. The third kappa shape index (κ3) is 7.35. The first-order valence-corrected chi connectivity index (χ1v) is 20.7. The van der Waals surface area contributed by atoms with Crippen LogP contribution in [0.1, 0.15) is 51.4 Å². The van der Waals surface area contributed by atoms with Gasteiger partial charge in [-0.05, 0) is 58.4 Å². The number of nitrogens with one attached hydrogen (secondary N) is 1. The Kier molecular flexibility index (Phi) is 10.8. The molecule has 2 aliphatic rings. The van der Waals surface area contributed by atoms with Crippen LogP contribution in [0, 0.1) is 11.6 Å². The topological polar surface area (TPSA) is 32.7 Å². The van der Waals surface area contributed by atoms with E-state index in [0.717, 1.165) is 21.3 Å². The number of halogens is 5. The molecule has 4 aromatic carbocycles. The van der Waals surface area contributed by atoms with Gasteiger partial charge in [0, 0.05) is 54.7 Å². The fourth-order valence-electron chi connectivity index (χ4n) is 8.60. The zero-order valence-electron chi connectivity index (χ0n) is 31.3. The first-order chi connectivity index (χ1) is 25.8. The van der Waals surface area contributed by atoms with Crippen molar-refractivity contribution in [1.82, 2.24) is 14.4 Å². The van der Waals surface area contributed by atoms with Crippen molar-refractivity contribution in [1.29, 1.82) is 0 Å². The Morgan fingerprint density at radius 2 is 1.41 bits per heavy atom. The standard InChI is InChI=1S/C43H49F5N4OSi/c1-30-25-51-38-19-12-11-14-31(38)22-39(51)41(40-36(45)23-32(24-37(40)46)49-33-26-50(27-33)21-13-20-44)52(30)28-43(47,48)29-53-54(42(2,3)4,34-15-7-5-8-16-34)35-17-9-6-10-18-35/h5-12,14-19,22-24,30,33,41,49H,13,20-21,25-29H2,1-4H3/t30-,41+/m1/s1. The minimum absolute atomic E-state index is 0.0303. The van der Waals surface area contributed by atoms with Crippen molar-refractivity contribution in [3.05, 3.63) is 126 Å². The van der Waals surface area contributed by atoms with Crippen LogP contribution in [-0.4, -0.2) is 80.2 Å². The SMILES string of the molecule is C[C@@H]1Cn2c(cc3ccccc32)[C@@H](c2c(F)cc(NC3CN(CCCF)C3)cc2F)N1CC(F)(F)CO[Si](c1ccccc1)(c1ccccc1)C(C)(C)C. The van der Waals surface area contributed by atoms with Crippen molar-refractivity contribution in [2.24, 2.45) is 0 Å². The van der Waals surface area contributed by atoms with Gasteiger partial charge in [0.25, 0.3) is 14.2 Å². The maximum Gasteiger partial charge on any atom is 0.282 e. The molecule has 1 saturated heterocycles. The summed E-state index contributed by atoms with van der Waals surface area (Å²) in [7, 11) is -3.30. The Balaban J connectivity index is 1.23. The molecule has 1 aromatic heterocycles. The predicted molar refractivity (Wildman–Crippen MR) is 209 cm³/mol. The lowest BCUT2D eigenvalue weighted by Crippen LogP contribution is -2.67. The number of alkyl halides is 3. The molecular weight excluding hydrogens is 712 g/mol. The second kappa shape index (κ2) is 15.2. The lowest BCUT2D eigenvalue weighted by molar-refractivity contribution is -0.0853. The van der Waals surface area contributed by atoms with Crippen LogP contribution in [0.3, 0.4) is 0 Å². The number of aromatic nitrogens is 1. The first-order valence-electron chi connectivity index (χ1n) is 18.8. The molecule has 54 heavy (non-hydrogen) atoms. The van der Waals surface area contributed by atoms with Crippen molar-refractivity contribution in [2.75, 3.05) is 44.8 Å². The predicted octanol–water partition coefficient (Wildman–Crippen LogP) is 8.38. The van der Waals surface area contributed by atoms with E-state index in [4.69, 9.17) is 4.43 Å². The van der Waals surface area contributed by atoms with E-state index in [1.54, 1.807) is 4.90 Å². The molecule has 0 bridgehead atoms.